The number of rotatable bonds is 3. The Bertz CT molecular complexity index is 725. The summed E-state index contributed by atoms with van der Waals surface area (Å²) >= 11 is 14.6. The SMILES string of the molecule is O=C(c1c(Cl)cccc1Cl)N1CCN(Cc2cccc(I)c2)CC1. The van der Waals surface area contributed by atoms with Gasteiger partial charge in [0.15, 0.2) is 0 Å². The number of benzene rings is 2. The summed E-state index contributed by atoms with van der Waals surface area (Å²) in [6.07, 6.45) is 0. The van der Waals surface area contributed by atoms with E-state index in [2.05, 4.69) is 51.8 Å². The van der Waals surface area contributed by atoms with Gasteiger partial charge in [-0.15, -0.1) is 0 Å². The molecule has 1 aliphatic heterocycles. The fourth-order valence-corrected chi connectivity index (χ4v) is 4.03. The molecule has 1 aliphatic rings. The van der Waals surface area contributed by atoms with E-state index in [-0.39, 0.29) is 5.91 Å². The predicted octanol–water partition coefficient (Wildman–Crippen LogP) is 4.56. The summed E-state index contributed by atoms with van der Waals surface area (Å²) in [4.78, 5) is 16.9. The van der Waals surface area contributed by atoms with Crippen LogP contribution in [0.4, 0.5) is 0 Å². The zero-order valence-corrected chi connectivity index (χ0v) is 16.7. The lowest BCUT2D eigenvalue weighted by atomic mass is 10.1. The smallest absolute Gasteiger partial charge is 0.256 e. The minimum absolute atomic E-state index is 0.0838. The molecule has 126 valence electrons. The van der Waals surface area contributed by atoms with Crippen molar-refractivity contribution in [2.45, 2.75) is 6.54 Å². The molecule has 1 amide bonds. The Morgan fingerprint density at radius 1 is 1.00 bits per heavy atom. The molecule has 1 heterocycles. The standard InChI is InChI=1S/C18H17Cl2IN2O/c19-15-5-2-6-16(20)17(15)18(24)23-9-7-22(8-10-23)12-13-3-1-4-14(21)11-13/h1-6,11H,7-10,12H2. The maximum absolute atomic E-state index is 12.7. The Morgan fingerprint density at radius 3 is 2.25 bits per heavy atom. The van der Waals surface area contributed by atoms with E-state index in [9.17, 15) is 4.79 Å². The first-order valence-electron chi connectivity index (χ1n) is 7.74. The van der Waals surface area contributed by atoms with Crippen molar-refractivity contribution in [1.29, 1.82) is 0 Å². The first-order valence-corrected chi connectivity index (χ1v) is 9.58. The normalized spacial score (nSPS) is 15.5. The number of hydrogen-bond acceptors (Lipinski definition) is 2. The summed E-state index contributed by atoms with van der Waals surface area (Å²) in [6, 6.07) is 13.7. The molecular formula is C18H17Cl2IN2O. The average Bonchev–Trinajstić information content (AvgIpc) is 2.55. The molecule has 0 radical (unpaired) electrons. The summed E-state index contributed by atoms with van der Waals surface area (Å²) in [7, 11) is 0. The maximum atomic E-state index is 12.7. The number of carbonyl (C=O) groups is 1. The Morgan fingerprint density at radius 2 is 1.62 bits per heavy atom. The molecule has 6 heteroatoms. The van der Waals surface area contributed by atoms with E-state index >= 15 is 0 Å². The van der Waals surface area contributed by atoms with E-state index < -0.39 is 0 Å². The van der Waals surface area contributed by atoms with Crippen molar-refractivity contribution in [2.75, 3.05) is 26.2 Å². The van der Waals surface area contributed by atoms with Gasteiger partial charge in [-0.3, -0.25) is 9.69 Å². The van der Waals surface area contributed by atoms with Gasteiger partial charge in [0, 0.05) is 36.3 Å². The second-order valence-corrected chi connectivity index (χ2v) is 7.85. The first kappa shape index (κ1) is 18.0. The van der Waals surface area contributed by atoms with Crippen molar-refractivity contribution in [3.05, 3.63) is 67.2 Å². The largest absolute Gasteiger partial charge is 0.336 e. The van der Waals surface area contributed by atoms with Crippen molar-refractivity contribution in [2.24, 2.45) is 0 Å². The Balaban J connectivity index is 1.62. The van der Waals surface area contributed by atoms with E-state index in [0.29, 0.717) is 28.7 Å². The van der Waals surface area contributed by atoms with Crippen LogP contribution in [0.25, 0.3) is 0 Å². The zero-order valence-electron chi connectivity index (χ0n) is 13.0. The molecule has 24 heavy (non-hydrogen) atoms. The summed E-state index contributed by atoms with van der Waals surface area (Å²) < 4.78 is 1.24. The van der Waals surface area contributed by atoms with E-state index in [0.717, 1.165) is 19.6 Å². The number of amides is 1. The molecule has 2 aromatic rings. The summed E-state index contributed by atoms with van der Waals surface area (Å²) in [5.41, 5.74) is 1.71. The van der Waals surface area contributed by atoms with Crippen LogP contribution in [-0.2, 0) is 6.54 Å². The van der Waals surface area contributed by atoms with Crippen LogP contribution in [0.2, 0.25) is 10.0 Å². The van der Waals surface area contributed by atoms with Gasteiger partial charge in [0.25, 0.3) is 5.91 Å². The molecule has 0 aromatic heterocycles. The van der Waals surface area contributed by atoms with E-state index in [4.69, 9.17) is 23.2 Å². The highest BCUT2D eigenvalue weighted by Gasteiger charge is 2.25. The van der Waals surface area contributed by atoms with Crippen LogP contribution in [0.15, 0.2) is 42.5 Å². The van der Waals surface area contributed by atoms with Crippen LogP contribution in [0, 0.1) is 3.57 Å². The number of nitrogens with zero attached hydrogens (tertiary/aromatic N) is 2. The van der Waals surface area contributed by atoms with Gasteiger partial charge in [0.05, 0.1) is 15.6 Å². The number of carbonyl (C=O) groups excluding carboxylic acids is 1. The van der Waals surface area contributed by atoms with Crippen LogP contribution in [0.3, 0.4) is 0 Å². The Hall–Kier alpha value is -0.820. The van der Waals surface area contributed by atoms with Crippen LogP contribution < -0.4 is 0 Å². The molecule has 1 fully saturated rings. The van der Waals surface area contributed by atoms with Crippen LogP contribution in [0.1, 0.15) is 15.9 Å². The monoisotopic (exact) mass is 474 g/mol. The van der Waals surface area contributed by atoms with Crippen LogP contribution in [-0.4, -0.2) is 41.9 Å². The second kappa shape index (κ2) is 8.04. The highest BCUT2D eigenvalue weighted by atomic mass is 127. The van der Waals surface area contributed by atoms with E-state index in [1.165, 1.54) is 9.13 Å². The molecule has 0 bridgehead atoms. The predicted molar refractivity (Wildman–Crippen MR) is 107 cm³/mol. The lowest BCUT2D eigenvalue weighted by molar-refractivity contribution is 0.0629. The quantitative estimate of drug-likeness (QED) is 0.609. The lowest BCUT2D eigenvalue weighted by Gasteiger charge is -2.35. The highest BCUT2D eigenvalue weighted by Crippen LogP contribution is 2.26. The molecule has 0 unspecified atom stereocenters. The van der Waals surface area contributed by atoms with Crippen molar-refractivity contribution in [3.63, 3.8) is 0 Å². The fourth-order valence-electron chi connectivity index (χ4n) is 2.86. The average molecular weight is 475 g/mol. The molecule has 3 rings (SSSR count). The van der Waals surface area contributed by atoms with Gasteiger partial charge in [-0.1, -0.05) is 41.4 Å². The fraction of sp³-hybridized carbons (Fsp3) is 0.278. The van der Waals surface area contributed by atoms with Gasteiger partial charge in [-0.25, -0.2) is 0 Å². The van der Waals surface area contributed by atoms with Gasteiger partial charge in [0.1, 0.15) is 0 Å². The van der Waals surface area contributed by atoms with Crippen molar-refractivity contribution in [1.82, 2.24) is 9.80 Å². The van der Waals surface area contributed by atoms with Crippen molar-refractivity contribution < 1.29 is 4.79 Å². The molecule has 0 spiro atoms. The number of hydrogen-bond donors (Lipinski definition) is 0. The van der Waals surface area contributed by atoms with Crippen molar-refractivity contribution in [3.8, 4) is 0 Å². The molecular weight excluding hydrogens is 458 g/mol. The van der Waals surface area contributed by atoms with Gasteiger partial charge in [0.2, 0.25) is 0 Å². The Labute approximate surface area is 165 Å². The van der Waals surface area contributed by atoms with Gasteiger partial charge in [-0.2, -0.15) is 0 Å². The Kier molecular flexibility index (Phi) is 6.02. The maximum Gasteiger partial charge on any atom is 0.256 e. The minimum atomic E-state index is -0.0838. The molecule has 0 aliphatic carbocycles. The third-order valence-corrected chi connectivity index (χ3v) is 5.43. The molecule has 0 N–H and O–H groups in total. The molecule has 1 saturated heterocycles. The van der Waals surface area contributed by atoms with Crippen molar-refractivity contribution >= 4 is 51.7 Å². The third-order valence-electron chi connectivity index (χ3n) is 4.13. The van der Waals surface area contributed by atoms with Gasteiger partial charge >= 0.3 is 0 Å². The summed E-state index contributed by atoms with van der Waals surface area (Å²) in [5.74, 6) is -0.0838. The zero-order chi connectivity index (χ0) is 17.1. The highest BCUT2D eigenvalue weighted by molar-refractivity contribution is 14.1. The topological polar surface area (TPSA) is 23.6 Å². The molecule has 2 aromatic carbocycles. The third kappa shape index (κ3) is 4.23. The minimum Gasteiger partial charge on any atom is -0.336 e. The van der Waals surface area contributed by atoms with E-state index in [1.807, 2.05) is 4.90 Å². The van der Waals surface area contributed by atoms with Gasteiger partial charge < -0.3 is 4.90 Å². The number of halogens is 3. The summed E-state index contributed by atoms with van der Waals surface area (Å²) in [5, 5.41) is 0.822. The number of piperazine rings is 1. The molecule has 3 nitrogen and oxygen atoms in total. The molecule has 0 atom stereocenters. The lowest BCUT2D eigenvalue weighted by Crippen LogP contribution is -2.48. The second-order valence-electron chi connectivity index (χ2n) is 5.79. The molecule has 0 saturated carbocycles. The van der Waals surface area contributed by atoms with Crippen LogP contribution in [0.5, 0.6) is 0 Å². The van der Waals surface area contributed by atoms with Crippen LogP contribution >= 0.6 is 45.8 Å². The van der Waals surface area contributed by atoms with E-state index in [1.54, 1.807) is 18.2 Å². The first-order chi connectivity index (χ1) is 11.5. The van der Waals surface area contributed by atoms with Gasteiger partial charge in [-0.05, 0) is 52.4 Å². The summed E-state index contributed by atoms with van der Waals surface area (Å²) in [6.45, 7) is 3.97.